The van der Waals surface area contributed by atoms with Crippen molar-refractivity contribution < 1.29 is 34.5 Å². The average molecular weight is 536 g/mol. The molecular formula is C24H37N7O7. The molecule has 1 aromatic rings. The van der Waals surface area contributed by atoms with E-state index < -0.39 is 54.0 Å². The maximum absolute atomic E-state index is 13.5. The second-order valence-electron chi connectivity index (χ2n) is 9.24. The number of aliphatic hydroxyl groups excluding tert-OH is 1. The lowest BCUT2D eigenvalue weighted by Crippen LogP contribution is -2.58. The van der Waals surface area contributed by atoms with Crippen molar-refractivity contribution in [2.75, 3.05) is 13.1 Å². The number of nitrogens with one attached hydrogen (secondary N) is 2. The zero-order valence-corrected chi connectivity index (χ0v) is 21.2. The maximum atomic E-state index is 13.5. The van der Waals surface area contributed by atoms with Gasteiger partial charge in [0.15, 0.2) is 12.0 Å². The quantitative estimate of drug-likeness (QED) is 0.0765. The number of rotatable bonds is 13. The SMILES string of the molecule is CC(O)C(NC(=O)C1CCCN1C(=O)C(CCCN=C(N)N)NC(=O)C(N)Cc1ccc(O)cc1)C(=O)O. The van der Waals surface area contributed by atoms with Crippen LogP contribution in [0.2, 0.25) is 0 Å². The Morgan fingerprint density at radius 3 is 2.39 bits per heavy atom. The molecule has 210 valence electrons. The molecule has 14 nitrogen and oxygen atoms in total. The van der Waals surface area contributed by atoms with Gasteiger partial charge in [-0.3, -0.25) is 19.4 Å². The third-order valence-electron chi connectivity index (χ3n) is 6.17. The normalized spacial score (nSPS) is 18.1. The highest BCUT2D eigenvalue weighted by Crippen LogP contribution is 2.20. The molecule has 1 aromatic carbocycles. The van der Waals surface area contributed by atoms with E-state index in [0.717, 1.165) is 0 Å². The molecule has 0 saturated carbocycles. The van der Waals surface area contributed by atoms with Crippen LogP contribution < -0.4 is 27.8 Å². The molecule has 0 aromatic heterocycles. The van der Waals surface area contributed by atoms with Gasteiger partial charge in [0.25, 0.3) is 0 Å². The highest BCUT2D eigenvalue weighted by molar-refractivity contribution is 5.94. The molecule has 0 radical (unpaired) electrons. The van der Waals surface area contributed by atoms with Crippen LogP contribution in [-0.4, -0.2) is 93.2 Å². The molecule has 1 fully saturated rings. The van der Waals surface area contributed by atoms with E-state index in [9.17, 15) is 34.5 Å². The maximum Gasteiger partial charge on any atom is 0.328 e. The summed E-state index contributed by atoms with van der Waals surface area (Å²) >= 11 is 0. The summed E-state index contributed by atoms with van der Waals surface area (Å²) in [7, 11) is 0. The average Bonchev–Trinajstić information content (AvgIpc) is 3.34. The first kappa shape index (κ1) is 30.3. The number of hydrogen-bond donors (Lipinski definition) is 8. The molecule has 38 heavy (non-hydrogen) atoms. The molecule has 0 aliphatic carbocycles. The van der Waals surface area contributed by atoms with Crippen molar-refractivity contribution in [3.8, 4) is 5.75 Å². The predicted octanol–water partition coefficient (Wildman–Crippen LogP) is -2.26. The number of carboxylic acids is 1. The number of aliphatic hydroxyl groups is 1. The number of likely N-dealkylation sites (tertiary alicyclic amines) is 1. The minimum absolute atomic E-state index is 0.0746. The van der Waals surface area contributed by atoms with Crippen LogP contribution in [0.3, 0.4) is 0 Å². The van der Waals surface area contributed by atoms with Gasteiger partial charge >= 0.3 is 5.97 Å². The number of carbonyl (C=O) groups is 4. The number of carboxylic acid groups (broad SMARTS) is 1. The third-order valence-corrected chi connectivity index (χ3v) is 6.17. The Balaban J connectivity index is 2.15. The van der Waals surface area contributed by atoms with Gasteiger partial charge in [-0.05, 0) is 56.7 Å². The zero-order valence-electron chi connectivity index (χ0n) is 21.2. The largest absolute Gasteiger partial charge is 0.508 e. The fourth-order valence-electron chi connectivity index (χ4n) is 4.16. The van der Waals surface area contributed by atoms with E-state index in [1.165, 1.54) is 24.0 Å². The molecule has 3 amide bonds. The van der Waals surface area contributed by atoms with Crippen LogP contribution in [0.4, 0.5) is 0 Å². The van der Waals surface area contributed by atoms with Crippen LogP contribution in [0.25, 0.3) is 0 Å². The second kappa shape index (κ2) is 14.1. The summed E-state index contributed by atoms with van der Waals surface area (Å²) in [4.78, 5) is 55.8. The number of hydrogen-bond acceptors (Lipinski definition) is 8. The fraction of sp³-hybridized carbons (Fsp3) is 0.542. The van der Waals surface area contributed by atoms with Gasteiger partial charge in [-0.1, -0.05) is 12.1 Å². The number of benzene rings is 1. The summed E-state index contributed by atoms with van der Waals surface area (Å²) in [6, 6.07) is 1.67. The first-order valence-electron chi connectivity index (χ1n) is 12.3. The molecule has 5 unspecified atom stereocenters. The minimum atomic E-state index is -1.53. The molecule has 0 bridgehead atoms. The lowest BCUT2D eigenvalue weighted by atomic mass is 10.0. The molecule has 2 rings (SSSR count). The lowest BCUT2D eigenvalue weighted by molar-refractivity contribution is -0.147. The molecular weight excluding hydrogens is 498 g/mol. The molecule has 14 heteroatoms. The lowest BCUT2D eigenvalue weighted by Gasteiger charge is -2.30. The Morgan fingerprint density at radius 2 is 1.82 bits per heavy atom. The summed E-state index contributed by atoms with van der Waals surface area (Å²) in [6.07, 6.45) is 0.0918. The van der Waals surface area contributed by atoms with Crippen LogP contribution >= 0.6 is 0 Å². The number of aromatic hydroxyl groups is 1. The van der Waals surface area contributed by atoms with Gasteiger partial charge in [0.05, 0.1) is 12.1 Å². The van der Waals surface area contributed by atoms with Gasteiger partial charge in [-0.15, -0.1) is 0 Å². The van der Waals surface area contributed by atoms with Gasteiger partial charge < -0.3 is 48.1 Å². The van der Waals surface area contributed by atoms with Crippen LogP contribution in [0.15, 0.2) is 29.3 Å². The molecule has 0 spiro atoms. The number of carbonyl (C=O) groups excluding carboxylic acids is 3. The fourth-order valence-corrected chi connectivity index (χ4v) is 4.16. The number of guanidine groups is 1. The van der Waals surface area contributed by atoms with E-state index in [-0.39, 0.29) is 37.6 Å². The summed E-state index contributed by atoms with van der Waals surface area (Å²) < 4.78 is 0. The topological polar surface area (TPSA) is 247 Å². The molecule has 1 aliphatic heterocycles. The van der Waals surface area contributed by atoms with Gasteiger partial charge in [-0.25, -0.2) is 4.79 Å². The van der Waals surface area contributed by atoms with E-state index in [1.54, 1.807) is 12.1 Å². The highest BCUT2D eigenvalue weighted by atomic mass is 16.4. The van der Waals surface area contributed by atoms with E-state index in [0.29, 0.717) is 24.8 Å². The van der Waals surface area contributed by atoms with E-state index in [2.05, 4.69) is 15.6 Å². The summed E-state index contributed by atoms with van der Waals surface area (Å²) in [6.45, 7) is 1.67. The number of phenolic OH excluding ortho intramolecular Hbond substituents is 1. The summed E-state index contributed by atoms with van der Waals surface area (Å²) in [5.41, 5.74) is 17.5. The Labute approximate surface area is 220 Å². The zero-order chi connectivity index (χ0) is 28.4. The van der Waals surface area contributed by atoms with E-state index in [1.807, 2.05) is 0 Å². The monoisotopic (exact) mass is 535 g/mol. The molecule has 5 atom stereocenters. The summed E-state index contributed by atoms with van der Waals surface area (Å²) in [5.74, 6) is -3.27. The number of nitrogens with two attached hydrogens (primary N) is 3. The van der Waals surface area contributed by atoms with E-state index >= 15 is 0 Å². The van der Waals surface area contributed by atoms with Crippen molar-refractivity contribution in [3.05, 3.63) is 29.8 Å². The van der Waals surface area contributed by atoms with Crippen molar-refractivity contribution in [1.29, 1.82) is 0 Å². The summed E-state index contributed by atoms with van der Waals surface area (Å²) in [5, 5.41) is 33.4. The highest BCUT2D eigenvalue weighted by Gasteiger charge is 2.39. The van der Waals surface area contributed by atoms with Crippen molar-refractivity contribution in [1.82, 2.24) is 15.5 Å². The van der Waals surface area contributed by atoms with Crippen LogP contribution in [0, 0.1) is 0 Å². The van der Waals surface area contributed by atoms with Gasteiger partial charge in [0.1, 0.15) is 17.8 Å². The third kappa shape index (κ3) is 8.88. The first-order chi connectivity index (χ1) is 17.9. The molecule has 1 saturated heterocycles. The second-order valence-corrected chi connectivity index (χ2v) is 9.24. The predicted molar refractivity (Wildman–Crippen MR) is 138 cm³/mol. The number of amides is 3. The van der Waals surface area contributed by atoms with Gasteiger partial charge in [-0.2, -0.15) is 0 Å². The number of phenols is 1. The number of aliphatic carboxylic acids is 1. The van der Waals surface area contributed by atoms with Gasteiger partial charge in [0, 0.05) is 13.1 Å². The molecule has 11 N–H and O–H groups in total. The van der Waals surface area contributed by atoms with E-state index in [4.69, 9.17) is 17.2 Å². The number of nitrogens with zero attached hydrogens (tertiary/aromatic N) is 2. The van der Waals surface area contributed by atoms with Crippen molar-refractivity contribution in [2.45, 2.75) is 69.3 Å². The Kier molecular flexibility index (Phi) is 11.3. The van der Waals surface area contributed by atoms with Gasteiger partial charge in [0.2, 0.25) is 17.7 Å². The van der Waals surface area contributed by atoms with Crippen LogP contribution in [-0.2, 0) is 25.6 Å². The minimum Gasteiger partial charge on any atom is -0.508 e. The Bertz CT molecular complexity index is 1010. The first-order valence-corrected chi connectivity index (χ1v) is 12.3. The van der Waals surface area contributed by atoms with Crippen molar-refractivity contribution >= 4 is 29.7 Å². The van der Waals surface area contributed by atoms with Crippen LogP contribution in [0.1, 0.15) is 38.2 Å². The standard InChI is InChI=1S/C24H37N7O7/c1-13(32)19(23(37)38)30-21(35)18-5-3-11-31(18)22(36)17(4-2-10-28-24(26)27)29-20(34)16(25)12-14-6-8-15(33)9-7-14/h6-9,13,16-19,32-33H,2-5,10-12,25H2,1H3,(H,29,34)(H,30,35)(H,37,38)(H4,26,27,28). The van der Waals surface area contributed by atoms with Crippen molar-refractivity contribution in [3.63, 3.8) is 0 Å². The Hall–Kier alpha value is -3.91. The Morgan fingerprint density at radius 1 is 1.16 bits per heavy atom. The molecule has 1 heterocycles. The smallest absolute Gasteiger partial charge is 0.328 e. The van der Waals surface area contributed by atoms with Crippen LogP contribution in [0.5, 0.6) is 5.75 Å². The van der Waals surface area contributed by atoms with Crippen molar-refractivity contribution in [2.24, 2.45) is 22.2 Å². The number of aliphatic imine (C=N–C) groups is 1. The molecule has 1 aliphatic rings.